The molecule has 0 N–H and O–H groups in total. The van der Waals surface area contributed by atoms with E-state index in [2.05, 4.69) is 0 Å². The molecule has 0 spiro atoms. The number of nitrogens with zero attached hydrogens (tertiary/aromatic N) is 1. The Morgan fingerprint density at radius 2 is 1.60 bits per heavy atom. The smallest absolute Gasteiger partial charge is 0.410 e. The summed E-state index contributed by atoms with van der Waals surface area (Å²) in [5, 5.41) is -5.71. The lowest BCUT2D eigenvalue weighted by Gasteiger charge is -2.32. The zero-order chi connectivity index (χ0) is 23.4. The molecule has 176 valence electrons. The average Bonchev–Trinajstić information content (AvgIpc) is 2.58. The normalized spacial score (nSPS) is 17.0. The third-order valence-corrected chi connectivity index (χ3v) is 5.28. The summed E-state index contributed by atoms with van der Waals surface area (Å²) in [5.41, 5.74) is -0.647. The molecule has 1 saturated heterocycles. The van der Waals surface area contributed by atoms with Crippen LogP contribution in [0.3, 0.4) is 0 Å². The second kappa shape index (κ2) is 9.67. The highest BCUT2D eigenvalue weighted by molar-refractivity contribution is 7.86. The Bertz CT molecular complexity index is 714. The van der Waals surface area contributed by atoms with Gasteiger partial charge in [0.05, 0.1) is 12.5 Å². The van der Waals surface area contributed by atoms with Crippen molar-refractivity contribution >= 4 is 22.2 Å². The Kier molecular flexibility index (Phi) is 8.51. The van der Waals surface area contributed by atoms with E-state index in [4.69, 9.17) is 9.47 Å². The Morgan fingerprint density at radius 1 is 1.07 bits per heavy atom. The second-order valence-electron chi connectivity index (χ2n) is 8.04. The Balaban J connectivity index is 2.34. The van der Waals surface area contributed by atoms with Gasteiger partial charge in [-0.1, -0.05) is 0 Å². The minimum absolute atomic E-state index is 0.215. The summed E-state index contributed by atoms with van der Waals surface area (Å²) in [6, 6.07) is 0. The van der Waals surface area contributed by atoms with E-state index in [1.165, 1.54) is 4.90 Å². The fraction of sp³-hybridized carbons (Fsp3) is 0.882. The van der Waals surface area contributed by atoms with Crippen molar-refractivity contribution in [2.24, 2.45) is 5.92 Å². The monoisotopic (exact) mass is 464 g/mol. The predicted molar refractivity (Wildman–Crippen MR) is 94.9 cm³/mol. The van der Waals surface area contributed by atoms with Gasteiger partial charge in [-0.2, -0.15) is 17.6 Å². The van der Waals surface area contributed by atoms with E-state index in [9.17, 15) is 40.1 Å². The lowest BCUT2D eigenvalue weighted by molar-refractivity contribution is -0.165. The number of amides is 1. The van der Waals surface area contributed by atoms with Crippen molar-refractivity contribution in [3.8, 4) is 0 Å². The number of unbranched alkanes of at least 4 members (excludes halogenated alkanes) is 1. The van der Waals surface area contributed by atoms with Gasteiger partial charge in [-0.3, -0.25) is 4.79 Å². The number of likely N-dealkylation sites (tertiary alicyclic amines) is 1. The summed E-state index contributed by atoms with van der Waals surface area (Å²) in [6.07, 6.45) is -2.19. The number of carbonyl (C=O) groups is 2. The molecule has 0 bridgehead atoms. The molecule has 0 aromatic carbocycles. The number of halogens is 4. The molecule has 0 aromatic rings. The lowest BCUT2D eigenvalue weighted by Crippen LogP contribution is -2.46. The van der Waals surface area contributed by atoms with Gasteiger partial charge in [-0.15, -0.1) is 0 Å². The van der Waals surface area contributed by atoms with Crippen LogP contribution < -0.4 is 0 Å². The zero-order valence-electron chi connectivity index (χ0n) is 17.0. The molecular formula is C17H26F4NO7S-. The van der Waals surface area contributed by atoms with Crippen molar-refractivity contribution in [1.29, 1.82) is 0 Å². The molecule has 0 unspecified atom stereocenters. The van der Waals surface area contributed by atoms with Crippen LogP contribution in [-0.4, -0.2) is 66.4 Å². The van der Waals surface area contributed by atoms with Gasteiger partial charge in [0.2, 0.25) is 0 Å². The number of hydrogen-bond donors (Lipinski definition) is 0. The van der Waals surface area contributed by atoms with Crippen LogP contribution in [0.4, 0.5) is 22.4 Å². The molecule has 1 aliphatic rings. The van der Waals surface area contributed by atoms with Crippen LogP contribution in [-0.2, 0) is 24.4 Å². The highest BCUT2D eigenvalue weighted by Crippen LogP contribution is 2.41. The van der Waals surface area contributed by atoms with Crippen LogP contribution in [0.2, 0.25) is 0 Å². The third kappa shape index (κ3) is 7.25. The van der Waals surface area contributed by atoms with Crippen molar-refractivity contribution < 1.29 is 49.6 Å². The average molecular weight is 464 g/mol. The van der Waals surface area contributed by atoms with Crippen LogP contribution in [0, 0.1) is 5.92 Å². The van der Waals surface area contributed by atoms with E-state index in [0.29, 0.717) is 12.8 Å². The molecule has 1 heterocycles. The molecule has 1 fully saturated rings. The topological polar surface area (TPSA) is 113 Å². The molecule has 0 radical (unpaired) electrons. The van der Waals surface area contributed by atoms with Gasteiger partial charge in [0.15, 0.2) is 10.1 Å². The standard InChI is InChI=1S/C17H27F4NO7S/c1-15(2,3)29-14(24)22-9-6-12(7-10-22)13(23)28-11-5-4-8-16(18,19)17(20,21)30(25,26)27/h12H,4-11H2,1-3H3,(H,25,26,27)/p-1. The molecule has 0 atom stereocenters. The van der Waals surface area contributed by atoms with Gasteiger partial charge in [-0.05, 0) is 46.5 Å². The third-order valence-electron chi connectivity index (χ3n) is 4.35. The van der Waals surface area contributed by atoms with Crippen LogP contribution in [0.5, 0.6) is 0 Å². The highest BCUT2D eigenvalue weighted by Gasteiger charge is 2.60. The Labute approximate surface area is 172 Å². The SMILES string of the molecule is CC(C)(C)OC(=O)N1CCC(C(=O)OCCCCC(F)(F)C(F)(F)S(=O)(=O)[O-])CC1. The number of esters is 1. The molecule has 1 amide bonds. The largest absolute Gasteiger partial charge is 0.743 e. The minimum atomic E-state index is -6.51. The molecular weight excluding hydrogens is 438 g/mol. The van der Waals surface area contributed by atoms with Gasteiger partial charge in [0.1, 0.15) is 5.60 Å². The van der Waals surface area contributed by atoms with Crippen LogP contribution in [0.15, 0.2) is 0 Å². The van der Waals surface area contributed by atoms with Crippen LogP contribution in [0.25, 0.3) is 0 Å². The fourth-order valence-corrected chi connectivity index (χ4v) is 3.16. The number of hydrogen-bond acceptors (Lipinski definition) is 7. The lowest BCUT2D eigenvalue weighted by atomic mass is 9.97. The molecule has 0 aromatic heterocycles. The van der Waals surface area contributed by atoms with E-state index in [0.717, 1.165) is 0 Å². The zero-order valence-corrected chi connectivity index (χ0v) is 17.8. The number of alkyl halides is 4. The van der Waals surface area contributed by atoms with E-state index < -0.39 is 57.7 Å². The van der Waals surface area contributed by atoms with Gasteiger partial charge in [0, 0.05) is 19.5 Å². The van der Waals surface area contributed by atoms with E-state index in [1.54, 1.807) is 20.8 Å². The van der Waals surface area contributed by atoms with E-state index in [-0.39, 0.29) is 26.1 Å². The van der Waals surface area contributed by atoms with Gasteiger partial charge >= 0.3 is 23.2 Å². The van der Waals surface area contributed by atoms with Crippen molar-refractivity contribution in [2.75, 3.05) is 19.7 Å². The second-order valence-corrected chi connectivity index (χ2v) is 9.46. The van der Waals surface area contributed by atoms with Gasteiger partial charge < -0.3 is 18.9 Å². The van der Waals surface area contributed by atoms with Crippen molar-refractivity contribution in [2.45, 2.75) is 69.7 Å². The maximum Gasteiger partial charge on any atom is 0.410 e. The highest BCUT2D eigenvalue weighted by atomic mass is 32.2. The molecule has 1 aliphatic heterocycles. The number of rotatable bonds is 8. The first-order valence-electron chi connectivity index (χ1n) is 9.33. The number of carbonyl (C=O) groups excluding carboxylic acids is 2. The molecule has 0 aliphatic carbocycles. The summed E-state index contributed by atoms with van der Waals surface area (Å²) in [4.78, 5) is 25.4. The Hall–Kier alpha value is -1.63. The van der Waals surface area contributed by atoms with Crippen LogP contribution in [0.1, 0.15) is 52.9 Å². The summed E-state index contributed by atoms with van der Waals surface area (Å²) >= 11 is 0. The molecule has 30 heavy (non-hydrogen) atoms. The summed E-state index contributed by atoms with van der Waals surface area (Å²) in [7, 11) is -6.51. The predicted octanol–water partition coefficient (Wildman–Crippen LogP) is 3.12. The first-order valence-corrected chi connectivity index (χ1v) is 10.7. The molecule has 0 saturated carbocycles. The van der Waals surface area contributed by atoms with Gasteiger partial charge in [-0.25, -0.2) is 13.2 Å². The van der Waals surface area contributed by atoms with Crippen LogP contribution >= 0.6 is 0 Å². The molecule has 13 heteroatoms. The maximum atomic E-state index is 13.3. The van der Waals surface area contributed by atoms with Crippen molar-refractivity contribution in [3.63, 3.8) is 0 Å². The van der Waals surface area contributed by atoms with Gasteiger partial charge in [0.25, 0.3) is 0 Å². The summed E-state index contributed by atoms with van der Waals surface area (Å²) < 4.78 is 93.7. The number of ether oxygens (including phenoxy) is 2. The maximum absolute atomic E-state index is 13.3. The first kappa shape index (κ1) is 26.4. The summed E-state index contributed by atoms with van der Waals surface area (Å²) in [6.45, 7) is 5.42. The molecule has 1 rings (SSSR count). The first-order chi connectivity index (χ1) is 13.5. The van der Waals surface area contributed by atoms with E-state index in [1.807, 2.05) is 0 Å². The van der Waals surface area contributed by atoms with Crippen molar-refractivity contribution in [3.05, 3.63) is 0 Å². The molecule has 8 nitrogen and oxygen atoms in total. The quantitative estimate of drug-likeness (QED) is 0.235. The van der Waals surface area contributed by atoms with E-state index >= 15 is 0 Å². The Morgan fingerprint density at radius 3 is 2.07 bits per heavy atom. The fourth-order valence-electron chi connectivity index (χ4n) is 2.69. The summed E-state index contributed by atoms with van der Waals surface area (Å²) in [5.74, 6) is -6.12. The minimum Gasteiger partial charge on any atom is -0.743 e. The number of piperidine rings is 1. The van der Waals surface area contributed by atoms with Crippen molar-refractivity contribution in [1.82, 2.24) is 4.90 Å².